The average Bonchev–Trinajstić information content (AvgIpc) is 2.14. The summed E-state index contributed by atoms with van der Waals surface area (Å²) in [7, 11) is -4.55. The summed E-state index contributed by atoms with van der Waals surface area (Å²) >= 11 is 0. The normalized spacial score (nSPS) is 13.0. The van der Waals surface area contributed by atoms with Crippen molar-refractivity contribution in [1.29, 1.82) is 0 Å². The maximum atomic E-state index is 12.0. The fourth-order valence-corrected chi connectivity index (χ4v) is 1.68. The van der Waals surface area contributed by atoms with Gasteiger partial charge in [-0.25, -0.2) is 13.1 Å². The Bertz CT molecular complexity index is 354. The van der Waals surface area contributed by atoms with E-state index in [-0.39, 0.29) is 13.0 Å². The molecule has 0 fully saturated rings. The van der Waals surface area contributed by atoms with E-state index in [2.05, 4.69) is 0 Å². The van der Waals surface area contributed by atoms with E-state index in [1.807, 2.05) is 0 Å². The van der Waals surface area contributed by atoms with Gasteiger partial charge in [0.15, 0.2) is 0 Å². The second-order valence-corrected chi connectivity index (χ2v) is 6.24. The van der Waals surface area contributed by atoms with Gasteiger partial charge in [-0.2, -0.15) is 8.78 Å². The molecule has 0 rings (SSSR count). The van der Waals surface area contributed by atoms with Crippen molar-refractivity contribution < 1.29 is 27.1 Å². The summed E-state index contributed by atoms with van der Waals surface area (Å²) in [4.78, 5) is 10.4. The molecule has 5 nitrogen and oxygen atoms in total. The lowest BCUT2D eigenvalue weighted by Gasteiger charge is -2.23. The molecule has 0 saturated heterocycles. The number of halogens is 2. The molecule has 0 aromatic rings. The van der Waals surface area contributed by atoms with E-state index in [4.69, 9.17) is 5.11 Å². The highest BCUT2D eigenvalue weighted by Crippen LogP contribution is 2.26. The van der Waals surface area contributed by atoms with Crippen LogP contribution in [0.3, 0.4) is 0 Å². The molecule has 0 aromatic heterocycles. The highest BCUT2D eigenvalue weighted by Gasteiger charge is 2.25. The van der Waals surface area contributed by atoms with Crippen molar-refractivity contribution in [2.24, 2.45) is 5.41 Å². The Hall–Kier alpha value is -0.760. The molecule has 0 radical (unpaired) electrons. The molecule has 102 valence electrons. The minimum absolute atomic E-state index is 0.0331. The second kappa shape index (κ2) is 6.25. The van der Waals surface area contributed by atoms with E-state index in [0.717, 1.165) is 0 Å². The monoisotopic (exact) mass is 273 g/mol. The minimum atomic E-state index is -4.55. The molecule has 8 heteroatoms. The highest BCUT2D eigenvalue weighted by molar-refractivity contribution is 7.89. The van der Waals surface area contributed by atoms with Crippen LogP contribution in [0.2, 0.25) is 0 Å². The predicted octanol–water partition coefficient (Wildman–Crippen LogP) is 1.41. The van der Waals surface area contributed by atoms with E-state index < -0.39 is 27.2 Å². The van der Waals surface area contributed by atoms with Gasteiger partial charge in [-0.1, -0.05) is 13.8 Å². The topological polar surface area (TPSA) is 83.5 Å². The molecule has 0 atom stereocenters. The summed E-state index contributed by atoms with van der Waals surface area (Å²) in [6.07, 6.45) is 0.625. The van der Waals surface area contributed by atoms with Crippen molar-refractivity contribution in [3.05, 3.63) is 0 Å². The molecule has 0 spiro atoms. The van der Waals surface area contributed by atoms with Crippen LogP contribution in [0.1, 0.15) is 33.1 Å². The highest BCUT2D eigenvalue weighted by atomic mass is 32.2. The quantitative estimate of drug-likeness (QED) is 0.700. The first kappa shape index (κ1) is 16.2. The second-order valence-electron chi connectivity index (χ2n) is 4.51. The number of hydrogen-bond acceptors (Lipinski definition) is 3. The number of hydrogen-bond donors (Lipinski definition) is 2. The Morgan fingerprint density at radius 2 is 1.88 bits per heavy atom. The van der Waals surface area contributed by atoms with Crippen molar-refractivity contribution in [2.45, 2.75) is 38.9 Å². The van der Waals surface area contributed by atoms with Gasteiger partial charge in [0, 0.05) is 13.0 Å². The van der Waals surface area contributed by atoms with Gasteiger partial charge < -0.3 is 5.11 Å². The lowest BCUT2D eigenvalue weighted by molar-refractivity contribution is -0.137. The van der Waals surface area contributed by atoms with Crippen LogP contribution in [0.4, 0.5) is 8.78 Å². The van der Waals surface area contributed by atoms with Gasteiger partial charge in [0.1, 0.15) is 0 Å². The summed E-state index contributed by atoms with van der Waals surface area (Å²) in [5.74, 6) is -4.38. The summed E-state index contributed by atoms with van der Waals surface area (Å²) in [6.45, 7) is 3.39. The van der Waals surface area contributed by atoms with Crippen molar-refractivity contribution in [2.75, 3.05) is 6.54 Å². The largest absolute Gasteiger partial charge is 0.481 e. The molecular formula is C9H17F2NO4S. The molecule has 0 aliphatic carbocycles. The standard InChI is InChI=1S/C9H17F2NO4S/c1-9(2,4-3-7(13)14)5-6-12-17(15,16)8(10)11/h8,12H,3-6H2,1-2H3,(H,13,14). The Morgan fingerprint density at radius 1 is 1.35 bits per heavy atom. The van der Waals surface area contributed by atoms with Crippen LogP contribution in [-0.2, 0) is 14.8 Å². The summed E-state index contributed by atoms with van der Waals surface area (Å²) < 4.78 is 47.1. The minimum Gasteiger partial charge on any atom is -0.481 e. The van der Waals surface area contributed by atoms with Gasteiger partial charge in [-0.05, 0) is 18.3 Å². The number of alkyl halides is 2. The molecule has 0 heterocycles. The third kappa shape index (κ3) is 7.22. The maximum absolute atomic E-state index is 12.0. The van der Waals surface area contributed by atoms with Crippen LogP contribution < -0.4 is 4.72 Å². The van der Waals surface area contributed by atoms with Crippen LogP contribution in [0.5, 0.6) is 0 Å². The first-order valence-corrected chi connectivity index (χ1v) is 6.60. The van der Waals surface area contributed by atoms with Crippen molar-refractivity contribution in [3.8, 4) is 0 Å². The Balaban J connectivity index is 4.07. The number of carbonyl (C=O) groups is 1. The van der Waals surface area contributed by atoms with Crippen LogP contribution in [0.15, 0.2) is 0 Å². The molecule has 0 amide bonds. The molecule has 2 N–H and O–H groups in total. The van der Waals surface area contributed by atoms with E-state index in [1.54, 1.807) is 18.6 Å². The number of aliphatic carboxylic acids is 1. The summed E-state index contributed by atoms with van der Waals surface area (Å²) in [5.41, 5.74) is -0.414. The van der Waals surface area contributed by atoms with Gasteiger partial charge in [-0.15, -0.1) is 0 Å². The number of carboxylic acids is 1. The van der Waals surface area contributed by atoms with Gasteiger partial charge in [0.25, 0.3) is 10.0 Å². The molecule has 0 saturated carbocycles. The Labute approximate surface area is 99.3 Å². The molecule has 0 unspecified atom stereocenters. The first-order chi connectivity index (χ1) is 7.57. The predicted molar refractivity (Wildman–Crippen MR) is 58.2 cm³/mol. The number of nitrogens with one attached hydrogen (secondary N) is 1. The average molecular weight is 273 g/mol. The zero-order valence-electron chi connectivity index (χ0n) is 9.74. The molecule has 0 aliphatic heterocycles. The third-order valence-electron chi connectivity index (χ3n) is 2.36. The molecule has 0 aromatic carbocycles. The van der Waals surface area contributed by atoms with Gasteiger partial charge in [-0.3, -0.25) is 4.79 Å². The third-order valence-corrected chi connectivity index (χ3v) is 3.43. The fourth-order valence-electron chi connectivity index (χ4n) is 1.16. The van der Waals surface area contributed by atoms with Crippen LogP contribution in [0.25, 0.3) is 0 Å². The fraction of sp³-hybridized carbons (Fsp3) is 0.889. The van der Waals surface area contributed by atoms with Crippen LogP contribution in [0, 0.1) is 5.41 Å². The SMILES string of the molecule is CC(C)(CCNS(=O)(=O)C(F)F)CCC(=O)O. The van der Waals surface area contributed by atoms with Gasteiger partial charge >= 0.3 is 11.7 Å². The van der Waals surface area contributed by atoms with Crippen molar-refractivity contribution in [3.63, 3.8) is 0 Å². The maximum Gasteiger partial charge on any atom is 0.350 e. The molecule has 0 bridgehead atoms. The summed E-state index contributed by atoms with van der Waals surface area (Å²) in [6, 6.07) is 0. The number of carboxylic acid groups (broad SMARTS) is 1. The zero-order chi connectivity index (χ0) is 13.7. The van der Waals surface area contributed by atoms with Gasteiger partial charge in [0.05, 0.1) is 0 Å². The van der Waals surface area contributed by atoms with E-state index >= 15 is 0 Å². The lowest BCUT2D eigenvalue weighted by atomic mass is 9.84. The Morgan fingerprint density at radius 3 is 2.29 bits per heavy atom. The van der Waals surface area contributed by atoms with Gasteiger partial charge in [0.2, 0.25) is 0 Å². The summed E-state index contributed by atoms with van der Waals surface area (Å²) in [5, 5.41) is 8.49. The number of sulfonamides is 1. The van der Waals surface area contributed by atoms with Crippen LogP contribution in [-0.4, -0.2) is 31.8 Å². The zero-order valence-corrected chi connectivity index (χ0v) is 10.6. The first-order valence-electron chi connectivity index (χ1n) is 5.05. The molecule has 0 aliphatic rings. The molecule has 17 heavy (non-hydrogen) atoms. The number of rotatable bonds is 8. The van der Waals surface area contributed by atoms with E-state index in [9.17, 15) is 22.0 Å². The lowest BCUT2D eigenvalue weighted by Crippen LogP contribution is -2.32. The van der Waals surface area contributed by atoms with E-state index in [0.29, 0.717) is 12.8 Å². The van der Waals surface area contributed by atoms with Crippen molar-refractivity contribution in [1.82, 2.24) is 4.72 Å². The van der Waals surface area contributed by atoms with E-state index in [1.165, 1.54) is 0 Å². The smallest absolute Gasteiger partial charge is 0.350 e. The molecular weight excluding hydrogens is 256 g/mol. The van der Waals surface area contributed by atoms with Crippen molar-refractivity contribution >= 4 is 16.0 Å². The van der Waals surface area contributed by atoms with Crippen LogP contribution >= 0.6 is 0 Å². The Kier molecular flexibility index (Phi) is 5.97.